The normalized spacial score (nSPS) is 13.3. The molecule has 0 radical (unpaired) electrons. The van der Waals surface area contributed by atoms with E-state index >= 15 is 0 Å². The Morgan fingerprint density at radius 3 is 2.55 bits per heavy atom. The summed E-state index contributed by atoms with van der Waals surface area (Å²) in [6.07, 6.45) is 3.10. The molecule has 2 aromatic rings. The van der Waals surface area contributed by atoms with Crippen LogP contribution in [0.2, 0.25) is 5.02 Å². The number of ether oxygens (including phenoxy) is 1. The molecule has 31 heavy (non-hydrogen) atoms. The topological polar surface area (TPSA) is 124 Å². The van der Waals surface area contributed by atoms with Crippen molar-refractivity contribution in [2.24, 2.45) is 0 Å². The second-order valence-corrected chi connectivity index (χ2v) is 8.72. The Balaban J connectivity index is 1.82. The molecule has 8 nitrogen and oxygen atoms in total. The zero-order valence-electron chi connectivity index (χ0n) is 17.7. The molecule has 0 saturated carbocycles. The van der Waals surface area contributed by atoms with Gasteiger partial charge in [-0.25, -0.2) is 4.98 Å². The summed E-state index contributed by atoms with van der Waals surface area (Å²) in [4.78, 5) is 31.3. The van der Waals surface area contributed by atoms with Crippen molar-refractivity contribution in [2.45, 2.75) is 32.9 Å². The van der Waals surface area contributed by atoms with E-state index in [0.717, 1.165) is 5.56 Å². The van der Waals surface area contributed by atoms with E-state index in [1.807, 2.05) is 12.1 Å². The molecule has 1 aliphatic rings. The molecule has 0 aliphatic carbocycles. The number of halogens is 1. The van der Waals surface area contributed by atoms with Crippen LogP contribution in [0.25, 0.3) is 6.08 Å². The monoisotopic (exact) mass is 443 g/mol. The molecule has 0 fully saturated rings. The van der Waals surface area contributed by atoms with Crippen molar-refractivity contribution in [3.05, 3.63) is 52.2 Å². The van der Waals surface area contributed by atoms with Gasteiger partial charge in [-0.15, -0.1) is 0 Å². The highest BCUT2D eigenvalue weighted by Crippen LogP contribution is 2.34. The molecule has 1 aromatic heterocycles. The first kappa shape index (κ1) is 22.4. The highest BCUT2D eigenvalue weighted by atomic mass is 35.5. The summed E-state index contributed by atoms with van der Waals surface area (Å²) in [6, 6.07) is 7.20. The summed E-state index contributed by atoms with van der Waals surface area (Å²) < 4.78 is 5.43. The summed E-state index contributed by atoms with van der Waals surface area (Å²) in [6.45, 7) is 5.80. The Kier molecular flexibility index (Phi) is 6.40. The highest BCUT2D eigenvalue weighted by Gasteiger charge is 2.28. The van der Waals surface area contributed by atoms with Crippen molar-refractivity contribution < 1.29 is 14.3 Å². The first-order chi connectivity index (χ1) is 14.5. The SMILES string of the molecule is CC(C)(C)OC(=O)CN1CC(C(=O)NCc2ccc(Cl)cc2)=Cc2c1ncc(N)c2N. The average Bonchev–Trinajstić information content (AvgIpc) is 2.68. The third-order valence-corrected chi connectivity index (χ3v) is 4.80. The Labute approximate surface area is 186 Å². The minimum absolute atomic E-state index is 0.0809. The van der Waals surface area contributed by atoms with Crippen LogP contribution < -0.4 is 21.7 Å². The minimum Gasteiger partial charge on any atom is -0.459 e. The minimum atomic E-state index is -0.627. The van der Waals surface area contributed by atoms with E-state index in [-0.39, 0.29) is 19.0 Å². The van der Waals surface area contributed by atoms with Gasteiger partial charge in [-0.3, -0.25) is 9.59 Å². The van der Waals surface area contributed by atoms with Crippen molar-refractivity contribution in [3.63, 3.8) is 0 Å². The van der Waals surface area contributed by atoms with Crippen LogP contribution in [0, 0.1) is 0 Å². The second-order valence-electron chi connectivity index (χ2n) is 8.29. The van der Waals surface area contributed by atoms with E-state index in [1.54, 1.807) is 43.9 Å². The molecule has 1 amide bonds. The summed E-state index contributed by atoms with van der Waals surface area (Å²) in [7, 11) is 0. The number of carbonyl (C=O) groups is 2. The smallest absolute Gasteiger partial charge is 0.326 e. The molecule has 9 heteroatoms. The maximum absolute atomic E-state index is 12.9. The number of amides is 1. The molecular formula is C22H26ClN5O3. The predicted octanol–water partition coefficient (Wildman–Crippen LogP) is 2.76. The van der Waals surface area contributed by atoms with E-state index in [1.165, 1.54) is 6.20 Å². The number of nitrogen functional groups attached to an aromatic ring is 2. The van der Waals surface area contributed by atoms with Crippen LogP contribution in [0.4, 0.5) is 17.2 Å². The molecule has 1 aromatic carbocycles. The van der Waals surface area contributed by atoms with Crippen LogP contribution in [-0.2, 0) is 20.9 Å². The fourth-order valence-corrected chi connectivity index (χ4v) is 3.26. The van der Waals surface area contributed by atoms with E-state index in [2.05, 4.69) is 10.3 Å². The number of nitrogens with zero attached hydrogens (tertiary/aromatic N) is 2. The standard InChI is InChI=1S/C22H26ClN5O3/c1-22(2,3)31-18(29)12-28-11-14(8-16-19(25)17(24)10-26-20(16)28)21(30)27-9-13-4-6-15(23)7-5-13/h4-8,10H,9,11-12,24H2,1-3H3,(H2,25,26)(H,27,30). The number of esters is 1. The molecule has 0 unspecified atom stereocenters. The molecule has 0 bridgehead atoms. The van der Waals surface area contributed by atoms with Gasteiger partial charge in [0.1, 0.15) is 18.0 Å². The number of nitrogens with one attached hydrogen (secondary N) is 1. The van der Waals surface area contributed by atoms with Crippen molar-refractivity contribution in [1.29, 1.82) is 0 Å². The van der Waals surface area contributed by atoms with Gasteiger partial charge in [0.25, 0.3) is 0 Å². The van der Waals surface area contributed by atoms with Gasteiger partial charge in [-0.1, -0.05) is 23.7 Å². The number of nitrogens with two attached hydrogens (primary N) is 2. The third-order valence-electron chi connectivity index (χ3n) is 4.55. The van der Waals surface area contributed by atoms with Gasteiger partial charge >= 0.3 is 5.97 Å². The molecule has 3 rings (SSSR count). The molecule has 164 valence electrons. The zero-order valence-corrected chi connectivity index (χ0v) is 18.5. The molecule has 2 heterocycles. The lowest BCUT2D eigenvalue weighted by Crippen LogP contribution is -2.40. The van der Waals surface area contributed by atoms with E-state index < -0.39 is 11.6 Å². The number of carbonyl (C=O) groups excluding carboxylic acids is 2. The summed E-state index contributed by atoms with van der Waals surface area (Å²) >= 11 is 5.90. The largest absolute Gasteiger partial charge is 0.459 e. The molecule has 0 saturated heterocycles. The number of aromatic nitrogens is 1. The van der Waals surface area contributed by atoms with Crippen molar-refractivity contribution in [3.8, 4) is 0 Å². The number of hydrogen-bond donors (Lipinski definition) is 3. The predicted molar refractivity (Wildman–Crippen MR) is 122 cm³/mol. The number of hydrogen-bond acceptors (Lipinski definition) is 7. The van der Waals surface area contributed by atoms with Gasteiger partial charge in [0.2, 0.25) is 5.91 Å². The lowest BCUT2D eigenvalue weighted by molar-refractivity contribution is -0.153. The van der Waals surface area contributed by atoms with Gasteiger partial charge in [0, 0.05) is 22.7 Å². The summed E-state index contributed by atoms with van der Waals surface area (Å²) in [5, 5.41) is 3.50. The van der Waals surface area contributed by atoms with Crippen LogP contribution in [0.3, 0.4) is 0 Å². The number of fused-ring (bicyclic) bond motifs is 1. The van der Waals surface area contributed by atoms with E-state index in [4.69, 9.17) is 27.8 Å². The van der Waals surface area contributed by atoms with Crippen LogP contribution in [0.1, 0.15) is 31.9 Å². The molecule has 5 N–H and O–H groups in total. The number of pyridine rings is 1. The van der Waals surface area contributed by atoms with Gasteiger partial charge < -0.3 is 26.4 Å². The second kappa shape index (κ2) is 8.85. The van der Waals surface area contributed by atoms with Gasteiger partial charge in [0.05, 0.1) is 24.1 Å². The fraction of sp³-hybridized carbons (Fsp3) is 0.318. The Morgan fingerprint density at radius 2 is 1.90 bits per heavy atom. The van der Waals surface area contributed by atoms with Gasteiger partial charge in [-0.05, 0) is 44.5 Å². The third kappa shape index (κ3) is 5.67. The Bertz CT molecular complexity index is 1030. The van der Waals surface area contributed by atoms with Crippen LogP contribution in [0.15, 0.2) is 36.0 Å². The quantitative estimate of drug-likeness (QED) is 0.607. The van der Waals surface area contributed by atoms with Crippen LogP contribution in [0.5, 0.6) is 0 Å². The first-order valence-electron chi connectivity index (χ1n) is 9.77. The summed E-state index contributed by atoms with van der Waals surface area (Å²) in [5.74, 6) is -0.234. The molecule has 0 spiro atoms. The maximum atomic E-state index is 12.9. The summed E-state index contributed by atoms with van der Waals surface area (Å²) in [5.41, 5.74) is 13.9. The molecular weight excluding hydrogens is 418 g/mol. The fourth-order valence-electron chi connectivity index (χ4n) is 3.14. The molecule has 1 aliphatic heterocycles. The van der Waals surface area contributed by atoms with Crippen LogP contribution in [-0.4, -0.2) is 35.6 Å². The van der Waals surface area contributed by atoms with Gasteiger partial charge in [0.15, 0.2) is 0 Å². The Hall–Kier alpha value is -3.26. The number of rotatable bonds is 5. The van der Waals surface area contributed by atoms with Crippen LogP contribution >= 0.6 is 11.6 Å². The molecule has 0 atom stereocenters. The number of benzene rings is 1. The van der Waals surface area contributed by atoms with E-state index in [9.17, 15) is 9.59 Å². The van der Waals surface area contributed by atoms with Crippen molar-refractivity contribution >= 4 is 46.7 Å². The van der Waals surface area contributed by atoms with E-state index in [0.29, 0.717) is 39.9 Å². The first-order valence-corrected chi connectivity index (χ1v) is 10.2. The average molecular weight is 444 g/mol. The highest BCUT2D eigenvalue weighted by molar-refractivity contribution is 6.30. The Morgan fingerprint density at radius 1 is 1.23 bits per heavy atom. The zero-order chi connectivity index (χ0) is 22.8. The van der Waals surface area contributed by atoms with Gasteiger partial charge in [-0.2, -0.15) is 0 Å². The lowest BCUT2D eigenvalue weighted by atomic mass is 10.0. The number of anilines is 3. The van der Waals surface area contributed by atoms with Crippen molar-refractivity contribution in [2.75, 3.05) is 29.5 Å². The van der Waals surface area contributed by atoms with Crippen molar-refractivity contribution in [1.82, 2.24) is 10.3 Å². The lowest BCUT2D eigenvalue weighted by Gasteiger charge is -2.31. The maximum Gasteiger partial charge on any atom is 0.326 e.